The van der Waals surface area contributed by atoms with Gasteiger partial charge < -0.3 is 4.90 Å². The lowest BCUT2D eigenvalue weighted by Crippen LogP contribution is -2.45. The molecule has 0 bridgehead atoms. The molecular weight excluding hydrogens is 291 g/mol. The average molecular weight is 318 g/mol. The number of likely N-dealkylation sites (tertiary alicyclic amines) is 2. The molecule has 2 aliphatic heterocycles. The van der Waals surface area contributed by atoms with E-state index in [0.29, 0.717) is 11.8 Å². The topological polar surface area (TPSA) is 23.6 Å². The van der Waals surface area contributed by atoms with Crippen LogP contribution >= 0.6 is 0 Å². The van der Waals surface area contributed by atoms with Crippen LogP contribution in [-0.2, 0) is 11.3 Å². The molecule has 1 atom stereocenters. The van der Waals surface area contributed by atoms with Gasteiger partial charge in [-0.05, 0) is 62.4 Å². The highest BCUT2D eigenvalue weighted by molar-refractivity contribution is 5.79. The summed E-state index contributed by atoms with van der Waals surface area (Å²) in [7, 11) is 0. The number of carbonyl (C=O) groups excluding carboxylic acids is 1. The maximum absolute atomic E-state index is 13.3. The quantitative estimate of drug-likeness (QED) is 0.854. The molecule has 0 spiro atoms. The zero-order valence-corrected chi connectivity index (χ0v) is 14.0. The lowest BCUT2D eigenvalue weighted by atomic mass is 9.92. The number of hydrogen-bond acceptors (Lipinski definition) is 2. The van der Waals surface area contributed by atoms with Crippen LogP contribution in [0.2, 0.25) is 0 Å². The van der Waals surface area contributed by atoms with Gasteiger partial charge in [0.15, 0.2) is 0 Å². The molecule has 0 aromatic heterocycles. The third-order valence-electron chi connectivity index (χ3n) is 5.20. The largest absolute Gasteiger partial charge is 0.342 e. The molecule has 0 saturated carbocycles. The standard InChI is InChI=1S/C19H27FN2O/c1-15-4-3-9-22(13-15)19(23)17-7-10-21(11-8-17)14-16-5-2-6-18(20)12-16/h2,5-6,12,15,17H,3-4,7-11,13-14H2,1H3/t15-/m0/s1. The zero-order chi connectivity index (χ0) is 16.2. The summed E-state index contributed by atoms with van der Waals surface area (Å²) in [6.45, 7) is 6.74. The third kappa shape index (κ3) is 4.31. The molecule has 2 heterocycles. The van der Waals surface area contributed by atoms with E-state index in [1.807, 2.05) is 6.07 Å². The average Bonchev–Trinajstić information content (AvgIpc) is 2.55. The van der Waals surface area contributed by atoms with Gasteiger partial charge in [-0.15, -0.1) is 0 Å². The van der Waals surface area contributed by atoms with Crippen LogP contribution in [0.15, 0.2) is 24.3 Å². The van der Waals surface area contributed by atoms with Crippen molar-refractivity contribution < 1.29 is 9.18 Å². The second-order valence-electron chi connectivity index (χ2n) is 7.21. The summed E-state index contributed by atoms with van der Waals surface area (Å²) < 4.78 is 13.3. The summed E-state index contributed by atoms with van der Waals surface area (Å²) in [6.07, 6.45) is 4.25. The first-order chi connectivity index (χ1) is 11.1. The SMILES string of the molecule is C[C@H]1CCCN(C(=O)C2CCN(Cc3cccc(F)c3)CC2)C1. The minimum Gasteiger partial charge on any atom is -0.342 e. The van der Waals surface area contributed by atoms with Gasteiger partial charge in [0.1, 0.15) is 5.82 Å². The van der Waals surface area contributed by atoms with E-state index in [-0.39, 0.29) is 11.7 Å². The van der Waals surface area contributed by atoms with Gasteiger partial charge >= 0.3 is 0 Å². The van der Waals surface area contributed by atoms with Crippen molar-refractivity contribution in [2.45, 2.75) is 39.2 Å². The number of hydrogen-bond donors (Lipinski definition) is 0. The molecule has 126 valence electrons. The van der Waals surface area contributed by atoms with Gasteiger partial charge in [-0.3, -0.25) is 9.69 Å². The molecule has 1 aromatic rings. The Balaban J connectivity index is 1.49. The predicted molar refractivity (Wildman–Crippen MR) is 89.4 cm³/mol. The number of amides is 1. The Morgan fingerprint density at radius 2 is 2.00 bits per heavy atom. The number of carbonyl (C=O) groups is 1. The molecule has 0 radical (unpaired) electrons. The van der Waals surface area contributed by atoms with Gasteiger partial charge in [-0.2, -0.15) is 0 Å². The molecule has 0 aliphatic carbocycles. The van der Waals surface area contributed by atoms with E-state index < -0.39 is 0 Å². The molecule has 1 aromatic carbocycles. The van der Waals surface area contributed by atoms with Crippen molar-refractivity contribution in [1.29, 1.82) is 0 Å². The summed E-state index contributed by atoms with van der Waals surface area (Å²) in [5.74, 6) is 1.01. The lowest BCUT2D eigenvalue weighted by Gasteiger charge is -2.37. The van der Waals surface area contributed by atoms with Crippen molar-refractivity contribution >= 4 is 5.91 Å². The fourth-order valence-corrected chi connectivity index (χ4v) is 3.88. The minimum absolute atomic E-state index is 0.174. The van der Waals surface area contributed by atoms with Crippen molar-refractivity contribution in [1.82, 2.24) is 9.80 Å². The molecule has 3 rings (SSSR count). The van der Waals surface area contributed by atoms with Crippen LogP contribution in [0.4, 0.5) is 4.39 Å². The fraction of sp³-hybridized carbons (Fsp3) is 0.632. The first kappa shape index (κ1) is 16.4. The van der Waals surface area contributed by atoms with Crippen LogP contribution in [-0.4, -0.2) is 41.9 Å². The Morgan fingerprint density at radius 3 is 2.70 bits per heavy atom. The van der Waals surface area contributed by atoms with E-state index in [0.717, 1.165) is 57.5 Å². The Labute approximate surface area is 138 Å². The van der Waals surface area contributed by atoms with E-state index in [2.05, 4.69) is 16.7 Å². The normalized spacial score (nSPS) is 23.9. The lowest BCUT2D eigenvalue weighted by molar-refractivity contribution is -0.138. The van der Waals surface area contributed by atoms with Crippen LogP contribution in [0, 0.1) is 17.7 Å². The van der Waals surface area contributed by atoms with Crippen LogP contribution in [0.25, 0.3) is 0 Å². The van der Waals surface area contributed by atoms with Crippen molar-refractivity contribution in [3.63, 3.8) is 0 Å². The zero-order valence-electron chi connectivity index (χ0n) is 14.0. The Morgan fingerprint density at radius 1 is 1.22 bits per heavy atom. The molecule has 0 N–H and O–H groups in total. The highest BCUT2D eigenvalue weighted by Gasteiger charge is 2.30. The molecular formula is C19H27FN2O. The summed E-state index contributed by atoms with van der Waals surface area (Å²) in [6, 6.07) is 6.81. The van der Waals surface area contributed by atoms with Gasteiger partial charge in [-0.25, -0.2) is 4.39 Å². The van der Waals surface area contributed by atoms with Gasteiger partial charge in [0.05, 0.1) is 0 Å². The van der Waals surface area contributed by atoms with Crippen LogP contribution in [0.1, 0.15) is 38.2 Å². The molecule has 23 heavy (non-hydrogen) atoms. The number of nitrogens with zero attached hydrogens (tertiary/aromatic N) is 2. The molecule has 3 nitrogen and oxygen atoms in total. The number of benzene rings is 1. The highest BCUT2D eigenvalue weighted by atomic mass is 19.1. The van der Waals surface area contributed by atoms with Crippen molar-refractivity contribution in [3.05, 3.63) is 35.6 Å². The maximum Gasteiger partial charge on any atom is 0.225 e. The van der Waals surface area contributed by atoms with Crippen LogP contribution < -0.4 is 0 Å². The summed E-state index contributed by atoms with van der Waals surface area (Å²) in [5.41, 5.74) is 1.01. The Bertz CT molecular complexity index is 540. The molecule has 2 fully saturated rings. The maximum atomic E-state index is 13.3. The van der Waals surface area contributed by atoms with Gasteiger partial charge in [-0.1, -0.05) is 19.1 Å². The molecule has 0 unspecified atom stereocenters. The number of rotatable bonds is 3. The second kappa shape index (κ2) is 7.43. The van der Waals surface area contributed by atoms with Crippen LogP contribution in [0.5, 0.6) is 0 Å². The summed E-state index contributed by atoms with van der Waals surface area (Å²) in [4.78, 5) is 17.1. The van der Waals surface area contributed by atoms with Crippen molar-refractivity contribution in [2.24, 2.45) is 11.8 Å². The first-order valence-corrected chi connectivity index (χ1v) is 8.87. The van der Waals surface area contributed by atoms with Crippen molar-refractivity contribution in [2.75, 3.05) is 26.2 Å². The third-order valence-corrected chi connectivity index (χ3v) is 5.20. The van der Waals surface area contributed by atoms with E-state index in [4.69, 9.17) is 0 Å². The fourth-order valence-electron chi connectivity index (χ4n) is 3.88. The second-order valence-corrected chi connectivity index (χ2v) is 7.21. The molecule has 4 heteroatoms. The molecule has 2 saturated heterocycles. The Kier molecular flexibility index (Phi) is 5.31. The van der Waals surface area contributed by atoms with Gasteiger partial charge in [0.25, 0.3) is 0 Å². The smallest absolute Gasteiger partial charge is 0.225 e. The van der Waals surface area contributed by atoms with Crippen LogP contribution in [0.3, 0.4) is 0 Å². The first-order valence-electron chi connectivity index (χ1n) is 8.87. The predicted octanol–water partition coefficient (Wildman–Crippen LogP) is 3.30. The number of piperidine rings is 2. The van der Waals surface area contributed by atoms with E-state index >= 15 is 0 Å². The summed E-state index contributed by atoms with van der Waals surface area (Å²) in [5, 5.41) is 0. The monoisotopic (exact) mass is 318 g/mol. The molecule has 2 aliphatic rings. The van der Waals surface area contributed by atoms with Gasteiger partial charge in [0.2, 0.25) is 5.91 Å². The van der Waals surface area contributed by atoms with Gasteiger partial charge in [0, 0.05) is 25.6 Å². The van der Waals surface area contributed by atoms with E-state index in [1.165, 1.54) is 12.5 Å². The minimum atomic E-state index is -0.174. The summed E-state index contributed by atoms with van der Waals surface area (Å²) >= 11 is 0. The van der Waals surface area contributed by atoms with E-state index in [9.17, 15) is 9.18 Å². The van der Waals surface area contributed by atoms with Crippen molar-refractivity contribution in [3.8, 4) is 0 Å². The molecule has 1 amide bonds. The highest BCUT2D eigenvalue weighted by Crippen LogP contribution is 2.24. The number of halogens is 1. The Hall–Kier alpha value is -1.42. The van der Waals surface area contributed by atoms with E-state index in [1.54, 1.807) is 12.1 Å².